The molecule has 1 aliphatic rings. The van der Waals surface area contributed by atoms with E-state index in [-0.39, 0.29) is 6.09 Å². The van der Waals surface area contributed by atoms with Crippen LogP contribution in [-0.2, 0) is 29.0 Å². The minimum atomic E-state index is -0.486. The molecule has 7 heteroatoms. The standard InChI is InChI=1S/C19H26N4O3/c1-19(2,3)26-18(24)22-8-7-14-5-6-15(11-16(14)12-22)17-13-23(21-20-17)9-10-25-4/h5-6,11,13H,7-10,12H2,1-4H3. The van der Waals surface area contributed by atoms with Gasteiger partial charge in [-0.3, -0.25) is 0 Å². The molecular formula is C19H26N4O3. The number of fused-ring (bicyclic) bond motifs is 1. The van der Waals surface area contributed by atoms with Gasteiger partial charge in [0.1, 0.15) is 11.3 Å². The fourth-order valence-electron chi connectivity index (χ4n) is 2.92. The number of rotatable bonds is 4. The van der Waals surface area contributed by atoms with E-state index in [1.165, 1.54) is 5.56 Å². The van der Waals surface area contributed by atoms with Crippen LogP contribution in [0.1, 0.15) is 31.9 Å². The van der Waals surface area contributed by atoms with Gasteiger partial charge in [0.25, 0.3) is 0 Å². The number of carbonyl (C=O) groups is 1. The summed E-state index contributed by atoms with van der Waals surface area (Å²) in [5.74, 6) is 0. The molecule has 140 valence electrons. The molecule has 0 unspecified atom stereocenters. The Kier molecular flexibility index (Phi) is 5.27. The number of hydrogen-bond acceptors (Lipinski definition) is 5. The Bertz CT molecular complexity index is 779. The maximum atomic E-state index is 12.3. The smallest absolute Gasteiger partial charge is 0.410 e. The van der Waals surface area contributed by atoms with Gasteiger partial charge >= 0.3 is 6.09 Å². The molecule has 1 amide bonds. The van der Waals surface area contributed by atoms with Crippen molar-refractivity contribution in [3.8, 4) is 11.3 Å². The molecule has 0 N–H and O–H groups in total. The van der Waals surface area contributed by atoms with Crippen LogP contribution in [0, 0.1) is 0 Å². The van der Waals surface area contributed by atoms with Crippen LogP contribution in [0.4, 0.5) is 4.79 Å². The molecule has 0 radical (unpaired) electrons. The first-order valence-electron chi connectivity index (χ1n) is 8.85. The lowest BCUT2D eigenvalue weighted by molar-refractivity contribution is 0.0224. The third-order valence-electron chi connectivity index (χ3n) is 4.23. The van der Waals surface area contributed by atoms with Gasteiger partial charge in [-0.25, -0.2) is 9.48 Å². The fraction of sp³-hybridized carbons (Fsp3) is 0.526. The van der Waals surface area contributed by atoms with Crippen LogP contribution in [-0.4, -0.2) is 51.8 Å². The second-order valence-electron chi connectivity index (χ2n) is 7.50. The van der Waals surface area contributed by atoms with Crippen LogP contribution < -0.4 is 0 Å². The van der Waals surface area contributed by atoms with Gasteiger partial charge in [0, 0.05) is 25.8 Å². The number of methoxy groups -OCH3 is 1. The summed E-state index contributed by atoms with van der Waals surface area (Å²) in [6.07, 6.45) is 2.48. The molecule has 1 aliphatic heterocycles. The molecule has 1 aromatic heterocycles. The van der Waals surface area contributed by atoms with E-state index in [1.54, 1.807) is 16.7 Å². The third kappa shape index (κ3) is 4.40. The van der Waals surface area contributed by atoms with Crippen LogP contribution in [0.15, 0.2) is 24.4 Å². The first-order valence-corrected chi connectivity index (χ1v) is 8.85. The largest absolute Gasteiger partial charge is 0.444 e. The van der Waals surface area contributed by atoms with Crippen molar-refractivity contribution in [1.82, 2.24) is 19.9 Å². The summed E-state index contributed by atoms with van der Waals surface area (Å²) in [5, 5.41) is 8.37. The van der Waals surface area contributed by atoms with Crippen molar-refractivity contribution in [2.45, 2.75) is 45.9 Å². The minimum absolute atomic E-state index is 0.265. The number of nitrogens with zero attached hydrogens (tertiary/aromatic N) is 4. The molecule has 2 aromatic rings. The van der Waals surface area contributed by atoms with E-state index in [0.29, 0.717) is 26.2 Å². The number of benzene rings is 1. The van der Waals surface area contributed by atoms with E-state index >= 15 is 0 Å². The first-order chi connectivity index (χ1) is 12.4. The molecular weight excluding hydrogens is 332 g/mol. The van der Waals surface area contributed by atoms with Crippen molar-refractivity contribution in [3.63, 3.8) is 0 Å². The normalized spacial score (nSPS) is 14.2. The summed E-state index contributed by atoms with van der Waals surface area (Å²) < 4.78 is 12.3. The Morgan fingerprint density at radius 2 is 2.08 bits per heavy atom. The zero-order valence-electron chi connectivity index (χ0n) is 15.9. The highest BCUT2D eigenvalue weighted by atomic mass is 16.6. The van der Waals surface area contributed by atoms with Crippen LogP contribution in [0.25, 0.3) is 11.3 Å². The Balaban J connectivity index is 1.75. The molecule has 1 aromatic carbocycles. The summed E-state index contributed by atoms with van der Waals surface area (Å²) >= 11 is 0. The Morgan fingerprint density at radius 3 is 2.81 bits per heavy atom. The number of ether oxygens (including phenoxy) is 2. The highest BCUT2D eigenvalue weighted by Gasteiger charge is 2.26. The number of amides is 1. The number of aromatic nitrogens is 3. The minimum Gasteiger partial charge on any atom is -0.444 e. The molecule has 7 nitrogen and oxygen atoms in total. The predicted molar refractivity (Wildman–Crippen MR) is 97.7 cm³/mol. The quantitative estimate of drug-likeness (QED) is 0.840. The molecule has 0 spiro atoms. The second-order valence-corrected chi connectivity index (χ2v) is 7.50. The molecule has 3 rings (SSSR count). The Hall–Kier alpha value is -2.41. The molecule has 0 atom stereocenters. The molecule has 2 heterocycles. The van der Waals surface area contributed by atoms with Crippen molar-refractivity contribution < 1.29 is 14.3 Å². The van der Waals surface area contributed by atoms with Gasteiger partial charge in [0.2, 0.25) is 0 Å². The van der Waals surface area contributed by atoms with E-state index in [9.17, 15) is 4.79 Å². The Morgan fingerprint density at radius 1 is 1.27 bits per heavy atom. The van der Waals surface area contributed by atoms with Crippen molar-refractivity contribution >= 4 is 6.09 Å². The van der Waals surface area contributed by atoms with Crippen molar-refractivity contribution in [2.75, 3.05) is 20.3 Å². The van der Waals surface area contributed by atoms with Gasteiger partial charge in [-0.2, -0.15) is 0 Å². The predicted octanol–water partition coefficient (Wildman–Crippen LogP) is 2.88. The highest BCUT2D eigenvalue weighted by Crippen LogP contribution is 2.26. The third-order valence-corrected chi connectivity index (χ3v) is 4.23. The average Bonchev–Trinajstić information content (AvgIpc) is 3.06. The summed E-state index contributed by atoms with van der Waals surface area (Å²) in [7, 11) is 1.66. The summed E-state index contributed by atoms with van der Waals surface area (Å²) in [6, 6.07) is 6.27. The molecule has 0 saturated heterocycles. The summed E-state index contributed by atoms with van der Waals surface area (Å²) in [6.45, 7) is 8.14. The number of hydrogen-bond donors (Lipinski definition) is 0. The zero-order chi connectivity index (χ0) is 18.7. The monoisotopic (exact) mass is 358 g/mol. The average molecular weight is 358 g/mol. The van der Waals surface area contributed by atoms with E-state index in [2.05, 4.69) is 28.5 Å². The van der Waals surface area contributed by atoms with Crippen LogP contribution in [0.5, 0.6) is 0 Å². The second kappa shape index (κ2) is 7.45. The van der Waals surface area contributed by atoms with Crippen LogP contribution >= 0.6 is 0 Å². The van der Waals surface area contributed by atoms with E-state index in [1.807, 2.05) is 27.0 Å². The van der Waals surface area contributed by atoms with Gasteiger partial charge < -0.3 is 14.4 Å². The lowest BCUT2D eigenvalue weighted by Crippen LogP contribution is -2.39. The number of carbonyl (C=O) groups excluding carboxylic acids is 1. The topological polar surface area (TPSA) is 69.5 Å². The highest BCUT2D eigenvalue weighted by molar-refractivity contribution is 5.69. The lowest BCUT2D eigenvalue weighted by Gasteiger charge is -2.31. The van der Waals surface area contributed by atoms with E-state index in [0.717, 1.165) is 23.2 Å². The van der Waals surface area contributed by atoms with Crippen LogP contribution in [0.3, 0.4) is 0 Å². The van der Waals surface area contributed by atoms with Crippen molar-refractivity contribution in [2.24, 2.45) is 0 Å². The van der Waals surface area contributed by atoms with Gasteiger partial charge in [-0.05, 0) is 44.4 Å². The molecule has 0 fully saturated rings. The molecule has 0 saturated carbocycles. The van der Waals surface area contributed by atoms with E-state index in [4.69, 9.17) is 9.47 Å². The first kappa shape index (κ1) is 18.4. The van der Waals surface area contributed by atoms with Crippen LogP contribution in [0.2, 0.25) is 0 Å². The maximum Gasteiger partial charge on any atom is 0.410 e. The van der Waals surface area contributed by atoms with Crippen molar-refractivity contribution in [3.05, 3.63) is 35.5 Å². The van der Waals surface area contributed by atoms with Gasteiger partial charge in [-0.15, -0.1) is 5.10 Å². The molecule has 0 bridgehead atoms. The Labute approximate surface area is 153 Å². The fourth-order valence-corrected chi connectivity index (χ4v) is 2.92. The van der Waals surface area contributed by atoms with Gasteiger partial charge in [0.15, 0.2) is 0 Å². The molecule has 26 heavy (non-hydrogen) atoms. The SMILES string of the molecule is COCCn1cc(-c2ccc3c(c2)CN(C(=O)OC(C)(C)C)CC3)nn1. The van der Waals surface area contributed by atoms with E-state index < -0.39 is 5.60 Å². The van der Waals surface area contributed by atoms with Gasteiger partial charge in [0.05, 0.1) is 19.3 Å². The zero-order valence-corrected chi connectivity index (χ0v) is 15.9. The van der Waals surface area contributed by atoms with Crippen molar-refractivity contribution in [1.29, 1.82) is 0 Å². The lowest BCUT2D eigenvalue weighted by atomic mass is 9.97. The summed E-state index contributed by atoms with van der Waals surface area (Å²) in [4.78, 5) is 14.1. The van der Waals surface area contributed by atoms with Gasteiger partial charge in [-0.1, -0.05) is 17.3 Å². The molecule has 0 aliphatic carbocycles. The summed E-state index contributed by atoms with van der Waals surface area (Å²) in [5.41, 5.74) is 3.73. The maximum absolute atomic E-state index is 12.3.